The van der Waals surface area contributed by atoms with Gasteiger partial charge in [-0.1, -0.05) is 60.1 Å². The molecule has 0 radical (unpaired) electrons. The molecule has 0 bridgehead atoms. The van der Waals surface area contributed by atoms with Crippen LogP contribution in [0.3, 0.4) is 0 Å². The summed E-state index contributed by atoms with van der Waals surface area (Å²) in [7, 11) is 0. The number of halogens is 4. The quantitative estimate of drug-likeness (QED) is 0.644. The first-order chi connectivity index (χ1) is 9.34. The molecule has 0 amide bonds. The number of hydrogen-bond acceptors (Lipinski definition) is 0. The Hall–Kier alpha value is -1.29. The van der Waals surface area contributed by atoms with Crippen LogP contribution in [0.15, 0.2) is 42.5 Å². The molecule has 0 aliphatic carbocycles. The molecule has 0 saturated carbocycles. The van der Waals surface area contributed by atoms with E-state index in [9.17, 15) is 13.2 Å². The number of hydrogen-bond donors (Lipinski definition) is 0. The second-order valence-electron chi connectivity index (χ2n) is 5.23. The van der Waals surface area contributed by atoms with E-state index in [1.165, 1.54) is 0 Å². The Labute approximate surface area is 124 Å². The highest BCUT2D eigenvalue weighted by Gasteiger charge is 2.34. The van der Waals surface area contributed by atoms with E-state index in [0.717, 1.165) is 5.56 Å². The molecule has 0 heterocycles. The van der Waals surface area contributed by atoms with Crippen LogP contribution >= 0.6 is 15.9 Å². The van der Waals surface area contributed by atoms with Crippen LogP contribution in [-0.2, 0) is 5.41 Å². The van der Waals surface area contributed by atoms with Gasteiger partial charge in [-0.2, -0.15) is 0 Å². The fraction of sp³-hybridized carbons (Fsp3) is 0.250. The maximum Gasteiger partial charge on any atom is 0.133 e. The third-order valence-corrected chi connectivity index (χ3v) is 5.05. The highest BCUT2D eigenvalue weighted by Crippen LogP contribution is 2.44. The smallest absolute Gasteiger partial charge is 0.133 e. The van der Waals surface area contributed by atoms with Crippen LogP contribution in [0.5, 0.6) is 0 Å². The van der Waals surface area contributed by atoms with E-state index in [1.807, 2.05) is 44.2 Å². The van der Waals surface area contributed by atoms with E-state index >= 15 is 0 Å². The molecule has 2 aromatic rings. The molecule has 0 spiro atoms. The zero-order valence-electron chi connectivity index (χ0n) is 11.1. The van der Waals surface area contributed by atoms with E-state index < -0.39 is 27.7 Å². The van der Waals surface area contributed by atoms with E-state index in [-0.39, 0.29) is 5.56 Å². The van der Waals surface area contributed by atoms with Crippen LogP contribution in [0.1, 0.15) is 29.8 Å². The van der Waals surface area contributed by atoms with Crippen molar-refractivity contribution >= 4 is 15.9 Å². The molecular formula is C16H14BrF3. The first kappa shape index (κ1) is 15.1. The van der Waals surface area contributed by atoms with Gasteiger partial charge in [-0.25, -0.2) is 13.2 Å². The largest absolute Gasteiger partial charge is 0.207 e. The zero-order chi connectivity index (χ0) is 14.9. The molecule has 2 aromatic carbocycles. The molecule has 2 rings (SSSR count). The maximum absolute atomic E-state index is 13.9. The first-order valence-electron chi connectivity index (χ1n) is 6.18. The summed E-state index contributed by atoms with van der Waals surface area (Å²) in [6.45, 7) is 3.76. The predicted molar refractivity (Wildman–Crippen MR) is 77.5 cm³/mol. The van der Waals surface area contributed by atoms with Gasteiger partial charge in [0.1, 0.15) is 17.5 Å². The summed E-state index contributed by atoms with van der Waals surface area (Å²) in [5.41, 5.74) is 0.228. The summed E-state index contributed by atoms with van der Waals surface area (Å²) in [4.78, 5) is -0.613. The van der Waals surface area contributed by atoms with Crippen LogP contribution in [0.25, 0.3) is 0 Å². The predicted octanol–water partition coefficient (Wildman–Crippen LogP) is 5.52. The molecule has 0 aliphatic rings. The van der Waals surface area contributed by atoms with Gasteiger partial charge >= 0.3 is 0 Å². The molecule has 0 nitrogen and oxygen atoms in total. The summed E-state index contributed by atoms with van der Waals surface area (Å²) in [6.07, 6.45) is 0. The Morgan fingerprint density at radius 2 is 1.45 bits per heavy atom. The summed E-state index contributed by atoms with van der Waals surface area (Å²) in [5.74, 6) is -2.68. The molecule has 1 atom stereocenters. The second-order valence-corrected chi connectivity index (χ2v) is 6.15. The average Bonchev–Trinajstić information content (AvgIpc) is 2.38. The molecule has 1 unspecified atom stereocenters. The van der Waals surface area contributed by atoms with Crippen molar-refractivity contribution in [1.82, 2.24) is 0 Å². The molecule has 0 saturated heterocycles. The molecule has 0 fully saturated rings. The van der Waals surface area contributed by atoms with Gasteiger partial charge in [0.15, 0.2) is 0 Å². The first-order valence-corrected chi connectivity index (χ1v) is 7.09. The fourth-order valence-corrected chi connectivity index (χ4v) is 2.87. The van der Waals surface area contributed by atoms with Crippen LogP contribution in [0, 0.1) is 17.5 Å². The molecule has 20 heavy (non-hydrogen) atoms. The summed E-state index contributed by atoms with van der Waals surface area (Å²) < 4.78 is 40.8. The Kier molecular flexibility index (Phi) is 4.23. The van der Waals surface area contributed by atoms with Crippen molar-refractivity contribution in [1.29, 1.82) is 0 Å². The minimum atomic E-state index is -0.916. The summed E-state index contributed by atoms with van der Waals surface area (Å²) in [5, 5.41) is 0. The lowest BCUT2D eigenvalue weighted by atomic mass is 9.79. The van der Waals surface area contributed by atoms with Crippen molar-refractivity contribution in [2.24, 2.45) is 0 Å². The van der Waals surface area contributed by atoms with E-state index in [0.29, 0.717) is 12.1 Å². The van der Waals surface area contributed by atoms with E-state index in [4.69, 9.17) is 0 Å². The standard InChI is InChI=1S/C16H14BrF3/c1-16(2,10-6-4-3-5-7-10)15(17)14-12(19)8-11(18)9-13(14)20/h3-9,15H,1-2H3. The van der Waals surface area contributed by atoms with Gasteiger partial charge in [0.2, 0.25) is 0 Å². The number of rotatable bonds is 3. The van der Waals surface area contributed by atoms with Gasteiger partial charge in [-0.3, -0.25) is 0 Å². The zero-order valence-corrected chi connectivity index (χ0v) is 12.7. The van der Waals surface area contributed by atoms with Crippen molar-refractivity contribution in [2.75, 3.05) is 0 Å². The SMILES string of the molecule is CC(C)(c1ccccc1)C(Br)c1c(F)cc(F)cc1F. The molecule has 0 aromatic heterocycles. The van der Waals surface area contributed by atoms with Gasteiger partial charge in [-0.15, -0.1) is 0 Å². The minimum absolute atomic E-state index is 0.153. The van der Waals surface area contributed by atoms with Crippen molar-refractivity contribution in [2.45, 2.75) is 24.1 Å². The van der Waals surface area contributed by atoms with Crippen molar-refractivity contribution in [3.8, 4) is 0 Å². The van der Waals surface area contributed by atoms with Gasteiger partial charge in [0.25, 0.3) is 0 Å². The molecule has 0 aliphatic heterocycles. The van der Waals surface area contributed by atoms with Crippen LogP contribution in [0.4, 0.5) is 13.2 Å². The fourth-order valence-electron chi connectivity index (χ4n) is 2.17. The molecular weight excluding hydrogens is 329 g/mol. The van der Waals surface area contributed by atoms with Gasteiger partial charge in [0, 0.05) is 23.1 Å². The molecule has 106 valence electrons. The number of alkyl halides is 1. The second kappa shape index (κ2) is 5.60. The van der Waals surface area contributed by atoms with Crippen LogP contribution in [0.2, 0.25) is 0 Å². The van der Waals surface area contributed by atoms with E-state index in [2.05, 4.69) is 15.9 Å². The maximum atomic E-state index is 13.9. The molecule has 4 heteroatoms. The van der Waals surface area contributed by atoms with Crippen LogP contribution in [-0.4, -0.2) is 0 Å². The highest BCUT2D eigenvalue weighted by molar-refractivity contribution is 9.09. The Morgan fingerprint density at radius 3 is 1.95 bits per heavy atom. The number of benzene rings is 2. The molecule has 0 N–H and O–H groups in total. The Balaban J connectivity index is 2.48. The highest BCUT2D eigenvalue weighted by atomic mass is 79.9. The third-order valence-electron chi connectivity index (χ3n) is 3.45. The Morgan fingerprint density at radius 1 is 0.950 bits per heavy atom. The lowest BCUT2D eigenvalue weighted by Gasteiger charge is -2.31. The summed E-state index contributed by atoms with van der Waals surface area (Å²) in [6, 6.07) is 10.8. The lowest BCUT2D eigenvalue weighted by Crippen LogP contribution is -2.24. The minimum Gasteiger partial charge on any atom is -0.207 e. The van der Waals surface area contributed by atoms with Crippen LogP contribution < -0.4 is 0 Å². The topological polar surface area (TPSA) is 0 Å². The summed E-state index contributed by atoms with van der Waals surface area (Å²) >= 11 is 3.37. The van der Waals surface area contributed by atoms with Gasteiger partial charge in [0.05, 0.1) is 4.83 Å². The van der Waals surface area contributed by atoms with Gasteiger partial charge in [-0.05, 0) is 5.56 Å². The monoisotopic (exact) mass is 342 g/mol. The normalized spacial score (nSPS) is 13.3. The average molecular weight is 343 g/mol. The van der Waals surface area contributed by atoms with Crippen molar-refractivity contribution in [3.63, 3.8) is 0 Å². The van der Waals surface area contributed by atoms with Crippen molar-refractivity contribution < 1.29 is 13.2 Å². The van der Waals surface area contributed by atoms with Gasteiger partial charge < -0.3 is 0 Å². The van der Waals surface area contributed by atoms with Crippen molar-refractivity contribution in [3.05, 3.63) is 71.0 Å². The van der Waals surface area contributed by atoms with E-state index in [1.54, 1.807) is 0 Å². The lowest BCUT2D eigenvalue weighted by molar-refractivity contribution is 0.463. The Bertz CT molecular complexity index is 585. The third kappa shape index (κ3) is 2.75.